The predicted octanol–water partition coefficient (Wildman–Crippen LogP) is -0.0907. The van der Waals surface area contributed by atoms with E-state index in [4.69, 9.17) is 9.47 Å². The number of nitrogens with one attached hydrogen (secondary N) is 1. The van der Waals surface area contributed by atoms with Crippen molar-refractivity contribution in [2.75, 3.05) is 59.6 Å². The van der Waals surface area contributed by atoms with Crippen LogP contribution in [0.3, 0.4) is 0 Å². The number of sulfonamides is 1. The summed E-state index contributed by atoms with van der Waals surface area (Å²) in [6, 6.07) is 1.28. The molecule has 2 aliphatic heterocycles. The van der Waals surface area contributed by atoms with Gasteiger partial charge in [0.05, 0.1) is 32.3 Å². The highest BCUT2D eigenvalue weighted by molar-refractivity contribution is 7.89. The quantitative estimate of drug-likeness (QED) is 0.551. The fourth-order valence-corrected chi connectivity index (χ4v) is 5.22. The van der Waals surface area contributed by atoms with Gasteiger partial charge in [-0.2, -0.15) is 4.31 Å². The van der Waals surface area contributed by atoms with Crippen LogP contribution in [-0.4, -0.2) is 105 Å². The molecule has 12 heteroatoms. The summed E-state index contributed by atoms with van der Waals surface area (Å²) in [5.74, 6) is -1.44. The topological polar surface area (TPSA) is 129 Å². The first-order chi connectivity index (χ1) is 15.2. The number of aromatic amines is 1. The molecule has 0 aromatic carbocycles. The van der Waals surface area contributed by atoms with Crippen LogP contribution < -0.4 is 0 Å². The number of likely N-dealkylation sites (tertiary alicyclic amines) is 1. The molecule has 2 aliphatic rings. The Morgan fingerprint density at radius 2 is 1.97 bits per heavy atom. The van der Waals surface area contributed by atoms with Gasteiger partial charge < -0.3 is 24.3 Å². The molecule has 0 saturated carbocycles. The van der Waals surface area contributed by atoms with Gasteiger partial charge in [0.1, 0.15) is 10.6 Å². The highest BCUT2D eigenvalue weighted by Crippen LogP contribution is 2.20. The van der Waals surface area contributed by atoms with E-state index in [1.54, 1.807) is 11.8 Å². The molecular formula is C20H30N4O7S. The summed E-state index contributed by atoms with van der Waals surface area (Å²) >= 11 is 0. The maximum atomic E-state index is 12.8. The maximum Gasteiger partial charge on any atom is 0.310 e. The molecule has 2 amide bonds. The van der Waals surface area contributed by atoms with Crippen molar-refractivity contribution < 1.29 is 32.3 Å². The van der Waals surface area contributed by atoms with Gasteiger partial charge in [0.25, 0.3) is 5.91 Å². The number of piperidine rings is 1. The minimum Gasteiger partial charge on any atom is -0.466 e. The second kappa shape index (κ2) is 10.5. The largest absolute Gasteiger partial charge is 0.466 e. The number of amides is 2. The van der Waals surface area contributed by atoms with Crippen LogP contribution in [0, 0.1) is 5.92 Å². The molecule has 3 rings (SSSR count). The van der Waals surface area contributed by atoms with Crippen molar-refractivity contribution in [2.45, 2.75) is 24.7 Å². The summed E-state index contributed by atoms with van der Waals surface area (Å²) in [6.07, 6.45) is 2.63. The van der Waals surface area contributed by atoms with Crippen molar-refractivity contribution in [2.24, 2.45) is 5.92 Å². The van der Waals surface area contributed by atoms with Crippen LogP contribution in [0.2, 0.25) is 0 Å². The Balaban J connectivity index is 1.60. The summed E-state index contributed by atoms with van der Waals surface area (Å²) in [5, 5.41) is 0. The van der Waals surface area contributed by atoms with E-state index in [0.717, 1.165) is 0 Å². The van der Waals surface area contributed by atoms with Crippen LogP contribution in [-0.2, 0) is 29.1 Å². The molecule has 11 nitrogen and oxygen atoms in total. The Kier molecular flexibility index (Phi) is 7.91. The molecule has 0 bridgehead atoms. The number of hydrogen-bond acceptors (Lipinski definition) is 7. The molecule has 2 fully saturated rings. The first-order valence-corrected chi connectivity index (χ1v) is 12.1. The van der Waals surface area contributed by atoms with Crippen molar-refractivity contribution in [3.63, 3.8) is 0 Å². The number of aromatic nitrogens is 1. The number of ether oxygens (including phenoxy) is 2. The normalized spacial score (nSPS) is 20.1. The van der Waals surface area contributed by atoms with Crippen molar-refractivity contribution in [3.05, 3.63) is 18.0 Å². The number of likely N-dealkylation sites (N-methyl/N-ethyl adjacent to an activating group) is 1. The van der Waals surface area contributed by atoms with E-state index >= 15 is 0 Å². The second-order valence-corrected chi connectivity index (χ2v) is 9.80. The van der Waals surface area contributed by atoms with Crippen LogP contribution >= 0.6 is 0 Å². The number of nitrogens with zero attached hydrogens (tertiary/aromatic N) is 3. The number of carbonyl (C=O) groups excluding carboxylic acids is 3. The van der Waals surface area contributed by atoms with Gasteiger partial charge in [-0.1, -0.05) is 0 Å². The third-order valence-electron chi connectivity index (χ3n) is 5.61. The SMILES string of the molecule is CCOC(=O)C1CCCN(C(=O)CN(C)C(=O)c2cc(S(=O)(=O)N3CCOCC3)c[nH]2)C1. The minimum atomic E-state index is -3.73. The van der Waals surface area contributed by atoms with E-state index < -0.39 is 15.9 Å². The fraction of sp³-hybridized carbons (Fsp3) is 0.650. The first kappa shape index (κ1) is 24.2. The average Bonchev–Trinajstić information content (AvgIpc) is 3.30. The molecular weight excluding hydrogens is 440 g/mol. The van der Waals surface area contributed by atoms with Gasteiger partial charge in [0.15, 0.2) is 0 Å². The highest BCUT2D eigenvalue weighted by Gasteiger charge is 2.31. The standard InChI is InChI=1S/C20H30N4O7S/c1-3-31-20(27)15-5-4-6-23(13-15)18(25)14-22(2)19(26)17-11-16(12-21-17)32(28,29)24-7-9-30-10-8-24/h11-12,15,21H,3-10,13-14H2,1-2H3. The Morgan fingerprint density at radius 1 is 1.25 bits per heavy atom. The predicted molar refractivity (Wildman–Crippen MR) is 113 cm³/mol. The van der Waals surface area contributed by atoms with E-state index in [1.165, 1.54) is 28.5 Å². The molecule has 0 aliphatic carbocycles. The molecule has 32 heavy (non-hydrogen) atoms. The van der Waals surface area contributed by atoms with Gasteiger partial charge in [-0.3, -0.25) is 14.4 Å². The van der Waals surface area contributed by atoms with E-state index in [2.05, 4.69) is 4.98 Å². The minimum absolute atomic E-state index is 0.00390. The molecule has 3 heterocycles. The van der Waals surface area contributed by atoms with Crippen molar-refractivity contribution in [1.29, 1.82) is 0 Å². The number of carbonyl (C=O) groups is 3. The molecule has 1 aromatic rings. The lowest BCUT2D eigenvalue weighted by Crippen LogP contribution is -2.47. The highest BCUT2D eigenvalue weighted by atomic mass is 32.2. The van der Waals surface area contributed by atoms with Crippen LogP contribution in [0.5, 0.6) is 0 Å². The Hall–Kier alpha value is -2.44. The zero-order valence-electron chi connectivity index (χ0n) is 18.4. The number of morpholine rings is 1. The summed E-state index contributed by atoms with van der Waals surface area (Å²) in [4.78, 5) is 42.9. The fourth-order valence-electron chi connectivity index (χ4n) is 3.82. The molecule has 2 saturated heterocycles. The van der Waals surface area contributed by atoms with Crippen LogP contribution in [0.25, 0.3) is 0 Å². The Labute approximate surface area is 187 Å². The molecule has 1 N–H and O–H groups in total. The van der Waals surface area contributed by atoms with Gasteiger partial charge in [-0.25, -0.2) is 8.42 Å². The number of esters is 1. The third-order valence-corrected chi connectivity index (χ3v) is 7.48. The number of hydrogen-bond donors (Lipinski definition) is 1. The average molecular weight is 471 g/mol. The van der Waals surface area contributed by atoms with Gasteiger partial charge in [-0.05, 0) is 25.8 Å². The van der Waals surface area contributed by atoms with Crippen molar-refractivity contribution in [1.82, 2.24) is 19.1 Å². The van der Waals surface area contributed by atoms with E-state index in [-0.39, 0.29) is 54.6 Å². The van der Waals surface area contributed by atoms with E-state index in [1.807, 2.05) is 0 Å². The van der Waals surface area contributed by atoms with Crippen molar-refractivity contribution >= 4 is 27.8 Å². The number of H-pyrrole nitrogens is 1. The second-order valence-electron chi connectivity index (χ2n) is 7.86. The number of rotatable bonds is 7. The zero-order valence-corrected chi connectivity index (χ0v) is 19.2. The van der Waals surface area contributed by atoms with Gasteiger partial charge in [-0.15, -0.1) is 0 Å². The maximum absolute atomic E-state index is 12.8. The van der Waals surface area contributed by atoms with Gasteiger partial charge >= 0.3 is 5.97 Å². The van der Waals surface area contributed by atoms with E-state index in [9.17, 15) is 22.8 Å². The Morgan fingerprint density at radius 3 is 2.66 bits per heavy atom. The Bertz CT molecular complexity index is 939. The lowest BCUT2D eigenvalue weighted by atomic mass is 9.98. The van der Waals surface area contributed by atoms with Crippen LogP contribution in [0.1, 0.15) is 30.3 Å². The lowest BCUT2D eigenvalue weighted by molar-refractivity contribution is -0.151. The molecule has 1 unspecified atom stereocenters. The van der Waals surface area contributed by atoms with Gasteiger partial charge in [0, 0.05) is 39.4 Å². The molecule has 1 aromatic heterocycles. The monoisotopic (exact) mass is 470 g/mol. The first-order valence-electron chi connectivity index (χ1n) is 10.7. The summed E-state index contributed by atoms with van der Waals surface area (Å²) in [6.45, 7) is 3.80. The van der Waals surface area contributed by atoms with Crippen LogP contribution in [0.15, 0.2) is 17.2 Å². The summed E-state index contributed by atoms with van der Waals surface area (Å²) in [7, 11) is -2.25. The molecule has 178 valence electrons. The van der Waals surface area contributed by atoms with E-state index in [0.29, 0.717) is 39.2 Å². The van der Waals surface area contributed by atoms with Gasteiger partial charge in [0.2, 0.25) is 15.9 Å². The smallest absolute Gasteiger partial charge is 0.310 e. The third kappa shape index (κ3) is 5.48. The zero-order chi connectivity index (χ0) is 23.3. The van der Waals surface area contributed by atoms with Crippen molar-refractivity contribution in [3.8, 4) is 0 Å². The molecule has 0 radical (unpaired) electrons. The lowest BCUT2D eigenvalue weighted by Gasteiger charge is -2.32. The van der Waals surface area contributed by atoms with Crippen LogP contribution in [0.4, 0.5) is 0 Å². The summed E-state index contributed by atoms with van der Waals surface area (Å²) < 4.78 is 37.0. The molecule has 0 spiro atoms. The molecule has 1 atom stereocenters. The summed E-state index contributed by atoms with van der Waals surface area (Å²) in [5.41, 5.74) is 0.0789.